The molecule has 112 valence electrons. The van der Waals surface area contributed by atoms with E-state index in [4.69, 9.17) is 9.84 Å². The molecular formula is C14H16N2O5. The fourth-order valence-corrected chi connectivity index (χ4v) is 1.99. The highest BCUT2D eigenvalue weighted by Gasteiger charge is 2.30. The summed E-state index contributed by atoms with van der Waals surface area (Å²) < 4.78 is 5.47. The van der Waals surface area contributed by atoms with Gasteiger partial charge in [0.1, 0.15) is 11.8 Å². The van der Waals surface area contributed by atoms with Gasteiger partial charge >= 0.3 is 5.97 Å². The van der Waals surface area contributed by atoms with E-state index in [9.17, 15) is 14.4 Å². The highest BCUT2D eigenvalue weighted by molar-refractivity contribution is 6.00. The van der Waals surface area contributed by atoms with Crippen LogP contribution in [0.1, 0.15) is 19.8 Å². The Balaban J connectivity index is 1.99. The topological polar surface area (TPSA) is 105 Å². The van der Waals surface area contributed by atoms with Crippen molar-refractivity contribution in [3.05, 3.63) is 24.3 Å². The molecule has 2 atom stereocenters. The number of para-hydroxylation sites is 2. The average molecular weight is 292 g/mol. The largest absolute Gasteiger partial charge is 0.480 e. The number of rotatable bonds is 5. The van der Waals surface area contributed by atoms with Gasteiger partial charge in [0.15, 0.2) is 6.10 Å². The lowest BCUT2D eigenvalue weighted by Gasteiger charge is -2.25. The van der Waals surface area contributed by atoms with Gasteiger partial charge in [0.2, 0.25) is 5.91 Å². The van der Waals surface area contributed by atoms with E-state index in [2.05, 4.69) is 10.6 Å². The minimum Gasteiger partial charge on any atom is -0.480 e. The Morgan fingerprint density at radius 3 is 2.81 bits per heavy atom. The van der Waals surface area contributed by atoms with Gasteiger partial charge in [-0.25, -0.2) is 4.79 Å². The van der Waals surface area contributed by atoms with Crippen molar-refractivity contribution in [3.63, 3.8) is 0 Å². The summed E-state index contributed by atoms with van der Waals surface area (Å²) in [6, 6.07) is 5.93. The Morgan fingerprint density at radius 2 is 2.14 bits per heavy atom. The number of benzene rings is 1. The van der Waals surface area contributed by atoms with E-state index in [1.54, 1.807) is 31.2 Å². The third-order valence-corrected chi connectivity index (χ3v) is 3.12. The molecule has 1 heterocycles. The number of amides is 2. The molecule has 0 aromatic heterocycles. The third kappa shape index (κ3) is 3.50. The molecule has 3 N–H and O–H groups in total. The molecule has 7 nitrogen and oxygen atoms in total. The van der Waals surface area contributed by atoms with Gasteiger partial charge in [-0.05, 0) is 18.6 Å². The quantitative estimate of drug-likeness (QED) is 0.743. The SMILES string of the molecule is CCC(NC(=O)CC1Oc2ccccc2NC1=O)C(=O)O. The van der Waals surface area contributed by atoms with Crippen LogP contribution in [-0.4, -0.2) is 35.0 Å². The highest BCUT2D eigenvalue weighted by atomic mass is 16.5. The predicted octanol–water partition coefficient (Wildman–Crippen LogP) is 0.756. The molecule has 2 amide bonds. The molecule has 1 aromatic rings. The molecule has 21 heavy (non-hydrogen) atoms. The van der Waals surface area contributed by atoms with Crippen LogP contribution in [-0.2, 0) is 14.4 Å². The number of anilines is 1. The molecular weight excluding hydrogens is 276 g/mol. The van der Waals surface area contributed by atoms with Crippen molar-refractivity contribution >= 4 is 23.5 Å². The maximum atomic E-state index is 11.8. The van der Waals surface area contributed by atoms with Crippen LogP contribution in [0.5, 0.6) is 5.75 Å². The van der Waals surface area contributed by atoms with E-state index >= 15 is 0 Å². The molecule has 7 heteroatoms. The zero-order valence-corrected chi connectivity index (χ0v) is 11.5. The fourth-order valence-electron chi connectivity index (χ4n) is 1.99. The zero-order valence-electron chi connectivity index (χ0n) is 11.5. The number of carbonyl (C=O) groups is 3. The average Bonchev–Trinajstić information content (AvgIpc) is 2.45. The Kier molecular flexibility index (Phi) is 4.42. The second-order valence-electron chi connectivity index (χ2n) is 4.66. The Hall–Kier alpha value is -2.57. The van der Waals surface area contributed by atoms with Gasteiger partial charge in [-0.3, -0.25) is 9.59 Å². The first-order valence-corrected chi connectivity index (χ1v) is 6.60. The predicted molar refractivity (Wildman–Crippen MR) is 74.0 cm³/mol. The number of carboxylic acid groups (broad SMARTS) is 1. The van der Waals surface area contributed by atoms with Crippen molar-refractivity contribution in [2.45, 2.75) is 31.9 Å². The molecule has 0 saturated heterocycles. The van der Waals surface area contributed by atoms with Crippen molar-refractivity contribution in [2.24, 2.45) is 0 Å². The van der Waals surface area contributed by atoms with Crippen LogP contribution < -0.4 is 15.4 Å². The van der Waals surface area contributed by atoms with E-state index < -0.39 is 29.9 Å². The number of fused-ring (bicyclic) bond motifs is 1. The lowest BCUT2D eigenvalue weighted by atomic mass is 10.1. The highest BCUT2D eigenvalue weighted by Crippen LogP contribution is 2.29. The molecule has 0 aliphatic carbocycles. The molecule has 0 fully saturated rings. The number of hydrogen-bond donors (Lipinski definition) is 3. The first-order valence-electron chi connectivity index (χ1n) is 6.60. The van der Waals surface area contributed by atoms with Crippen LogP contribution in [0.3, 0.4) is 0 Å². The number of carboxylic acids is 1. The molecule has 1 aliphatic heterocycles. The van der Waals surface area contributed by atoms with Crippen LogP contribution in [0.2, 0.25) is 0 Å². The summed E-state index contributed by atoms with van der Waals surface area (Å²) in [4.78, 5) is 34.5. The van der Waals surface area contributed by atoms with Crippen molar-refractivity contribution in [1.82, 2.24) is 5.32 Å². The maximum absolute atomic E-state index is 11.8. The minimum absolute atomic E-state index is 0.232. The summed E-state index contributed by atoms with van der Waals surface area (Å²) in [6.45, 7) is 1.65. The fraction of sp³-hybridized carbons (Fsp3) is 0.357. The van der Waals surface area contributed by atoms with Crippen LogP contribution in [0, 0.1) is 0 Å². The number of nitrogens with one attached hydrogen (secondary N) is 2. The van der Waals surface area contributed by atoms with Crippen LogP contribution in [0.25, 0.3) is 0 Å². The number of hydrogen-bond acceptors (Lipinski definition) is 4. The van der Waals surface area contributed by atoms with Crippen LogP contribution in [0.15, 0.2) is 24.3 Å². The van der Waals surface area contributed by atoms with Crippen molar-refractivity contribution < 1.29 is 24.2 Å². The van der Waals surface area contributed by atoms with Crippen LogP contribution >= 0.6 is 0 Å². The van der Waals surface area contributed by atoms with Crippen molar-refractivity contribution in [1.29, 1.82) is 0 Å². The lowest BCUT2D eigenvalue weighted by Crippen LogP contribution is -2.45. The molecule has 2 rings (SSSR count). The van der Waals surface area contributed by atoms with E-state index in [0.717, 1.165) is 0 Å². The zero-order chi connectivity index (χ0) is 15.4. The Bertz CT molecular complexity index is 572. The summed E-state index contributed by atoms with van der Waals surface area (Å²) in [5, 5.41) is 13.9. The van der Waals surface area contributed by atoms with E-state index in [1.807, 2.05) is 0 Å². The molecule has 0 saturated carbocycles. The molecule has 2 unspecified atom stereocenters. The first kappa shape index (κ1) is 14.8. The van der Waals surface area contributed by atoms with Gasteiger partial charge in [-0.15, -0.1) is 0 Å². The third-order valence-electron chi connectivity index (χ3n) is 3.12. The maximum Gasteiger partial charge on any atom is 0.326 e. The monoisotopic (exact) mass is 292 g/mol. The second-order valence-corrected chi connectivity index (χ2v) is 4.66. The molecule has 1 aromatic carbocycles. The van der Waals surface area contributed by atoms with E-state index in [-0.39, 0.29) is 12.8 Å². The number of ether oxygens (including phenoxy) is 1. The van der Waals surface area contributed by atoms with E-state index in [1.165, 1.54) is 0 Å². The first-order chi connectivity index (χ1) is 10.0. The molecule has 0 bridgehead atoms. The molecule has 0 radical (unpaired) electrons. The number of carbonyl (C=O) groups excluding carboxylic acids is 2. The second kappa shape index (κ2) is 6.25. The summed E-state index contributed by atoms with van der Waals surface area (Å²) in [7, 11) is 0. The van der Waals surface area contributed by atoms with Gasteiger partial charge in [0.25, 0.3) is 5.91 Å². The van der Waals surface area contributed by atoms with Gasteiger partial charge in [0, 0.05) is 0 Å². The summed E-state index contributed by atoms with van der Waals surface area (Å²) in [6.07, 6.45) is -0.933. The van der Waals surface area contributed by atoms with Gasteiger partial charge in [-0.2, -0.15) is 0 Å². The van der Waals surface area contributed by atoms with Crippen molar-refractivity contribution in [3.8, 4) is 5.75 Å². The summed E-state index contributed by atoms with van der Waals surface area (Å²) in [5.74, 6) is -1.58. The van der Waals surface area contributed by atoms with Crippen LogP contribution in [0.4, 0.5) is 5.69 Å². The van der Waals surface area contributed by atoms with Gasteiger partial charge < -0.3 is 20.5 Å². The summed E-state index contributed by atoms with van der Waals surface area (Å²) >= 11 is 0. The smallest absolute Gasteiger partial charge is 0.326 e. The Labute approximate surface area is 121 Å². The standard InChI is InChI=1S/C14H16N2O5/c1-2-8(14(19)20)15-12(17)7-11-13(18)16-9-5-3-4-6-10(9)21-11/h3-6,8,11H,2,7H2,1H3,(H,15,17)(H,16,18)(H,19,20). The number of aliphatic carboxylic acids is 1. The van der Waals surface area contributed by atoms with E-state index in [0.29, 0.717) is 11.4 Å². The lowest BCUT2D eigenvalue weighted by molar-refractivity contribution is -0.142. The molecule has 1 aliphatic rings. The van der Waals surface area contributed by atoms with Gasteiger partial charge in [-0.1, -0.05) is 19.1 Å². The van der Waals surface area contributed by atoms with Gasteiger partial charge in [0.05, 0.1) is 12.1 Å². The molecule has 0 spiro atoms. The normalized spacial score (nSPS) is 18.0. The minimum atomic E-state index is -1.11. The van der Waals surface area contributed by atoms with Crippen molar-refractivity contribution in [2.75, 3.05) is 5.32 Å². The Morgan fingerprint density at radius 1 is 1.43 bits per heavy atom. The summed E-state index contributed by atoms with van der Waals surface area (Å²) in [5.41, 5.74) is 0.552.